The second-order valence-corrected chi connectivity index (χ2v) is 14.8. The number of hydrogen-bond acceptors (Lipinski definition) is 5. The van der Waals surface area contributed by atoms with Gasteiger partial charge in [0.05, 0.1) is 28.2 Å². The van der Waals surface area contributed by atoms with Gasteiger partial charge in [0.2, 0.25) is 6.54 Å². The molecular weight excluding hydrogens is 623 g/mol. The van der Waals surface area contributed by atoms with Crippen LogP contribution in [0.15, 0.2) is 138 Å². The minimum Gasteiger partial charge on any atom is -0.317 e. The summed E-state index contributed by atoms with van der Waals surface area (Å²) in [5.74, 6) is -0.0354. The average molecular weight is 654 g/mol. The van der Waals surface area contributed by atoms with Crippen LogP contribution < -0.4 is 0 Å². The summed E-state index contributed by atoms with van der Waals surface area (Å²) in [5, 5.41) is 5.21. The molecule has 0 saturated heterocycles. The number of thiophene rings is 1. The lowest BCUT2D eigenvalue weighted by atomic mass is 9.77. The Hall–Kier alpha value is -5.30. The summed E-state index contributed by atoms with van der Waals surface area (Å²) in [5.41, 5.74) is 6.94. The SMILES string of the molecule is [C-]#[N+]CCCS(=O)(=O)c1ccc(-c2cnc3ccc(-c4cn(C(c5ccccc5)(c5ccccc5)c5ccccc5)nc4C)cn23)s1. The largest absolute Gasteiger partial charge is 0.317 e. The molecule has 0 amide bonds. The lowest BCUT2D eigenvalue weighted by Crippen LogP contribution is -2.38. The van der Waals surface area contributed by atoms with E-state index < -0.39 is 15.4 Å². The molecule has 7 rings (SSSR count). The van der Waals surface area contributed by atoms with E-state index in [0.29, 0.717) is 10.6 Å². The molecule has 0 fully saturated rings. The first kappa shape index (κ1) is 30.4. The van der Waals surface area contributed by atoms with Gasteiger partial charge >= 0.3 is 0 Å². The fourth-order valence-electron chi connectivity index (χ4n) is 6.23. The molecule has 0 aliphatic carbocycles. The van der Waals surface area contributed by atoms with Crippen molar-refractivity contribution in [2.24, 2.45) is 0 Å². The van der Waals surface area contributed by atoms with Crippen LogP contribution >= 0.6 is 11.3 Å². The van der Waals surface area contributed by atoms with Crippen LogP contribution in [0, 0.1) is 13.5 Å². The fourth-order valence-corrected chi connectivity index (χ4v) is 8.99. The number of aryl methyl sites for hydroxylation is 1. The Morgan fingerprint density at radius 2 is 1.43 bits per heavy atom. The average Bonchev–Trinajstić information content (AvgIpc) is 3.86. The van der Waals surface area contributed by atoms with Gasteiger partial charge < -0.3 is 4.85 Å². The van der Waals surface area contributed by atoms with Crippen LogP contribution in [0.4, 0.5) is 0 Å². The Kier molecular flexibility index (Phi) is 8.06. The van der Waals surface area contributed by atoms with E-state index in [9.17, 15) is 8.42 Å². The van der Waals surface area contributed by atoms with E-state index >= 15 is 0 Å². The number of sulfone groups is 1. The summed E-state index contributed by atoms with van der Waals surface area (Å²) in [7, 11) is -3.46. The first-order valence-corrected chi connectivity index (χ1v) is 17.8. The van der Waals surface area contributed by atoms with Gasteiger partial charge in [0.25, 0.3) is 0 Å². The lowest BCUT2D eigenvalue weighted by molar-refractivity contribution is 0.458. The van der Waals surface area contributed by atoms with Gasteiger partial charge in [-0.1, -0.05) is 91.0 Å². The number of benzene rings is 3. The van der Waals surface area contributed by atoms with Crippen molar-refractivity contribution in [1.29, 1.82) is 0 Å². The number of imidazole rings is 1. The fraction of sp³-hybridized carbons (Fsp3) is 0.132. The van der Waals surface area contributed by atoms with Crippen LogP contribution in [0.25, 0.3) is 32.2 Å². The third-order valence-electron chi connectivity index (χ3n) is 8.46. The van der Waals surface area contributed by atoms with Gasteiger partial charge in [-0.3, -0.25) is 9.08 Å². The van der Waals surface area contributed by atoms with Crippen molar-refractivity contribution in [2.45, 2.75) is 23.1 Å². The highest BCUT2D eigenvalue weighted by molar-refractivity contribution is 7.93. The van der Waals surface area contributed by atoms with Crippen molar-refractivity contribution in [2.75, 3.05) is 12.3 Å². The Balaban J connectivity index is 1.35. The molecule has 9 heteroatoms. The van der Waals surface area contributed by atoms with Gasteiger partial charge in [0.15, 0.2) is 9.84 Å². The van der Waals surface area contributed by atoms with Crippen LogP contribution in [0.5, 0.6) is 0 Å². The van der Waals surface area contributed by atoms with Gasteiger partial charge in [-0.2, -0.15) is 5.10 Å². The van der Waals surface area contributed by atoms with E-state index in [1.54, 1.807) is 12.3 Å². The molecular formula is C38H31N5O2S2. The zero-order chi connectivity index (χ0) is 32.4. The van der Waals surface area contributed by atoms with Crippen molar-refractivity contribution in [1.82, 2.24) is 19.2 Å². The Morgan fingerprint density at radius 1 is 0.809 bits per heavy atom. The number of hydrogen-bond donors (Lipinski definition) is 0. The highest BCUT2D eigenvalue weighted by Gasteiger charge is 2.39. The minimum absolute atomic E-state index is 0.0354. The van der Waals surface area contributed by atoms with E-state index in [1.807, 2.05) is 47.9 Å². The van der Waals surface area contributed by atoms with Crippen molar-refractivity contribution in [3.63, 3.8) is 0 Å². The third-order valence-corrected chi connectivity index (χ3v) is 11.9. The number of fused-ring (bicyclic) bond motifs is 1. The molecule has 4 heterocycles. The highest BCUT2D eigenvalue weighted by atomic mass is 32.2. The topological polar surface area (TPSA) is 73.6 Å². The van der Waals surface area contributed by atoms with Crippen molar-refractivity contribution in [3.8, 4) is 21.7 Å². The van der Waals surface area contributed by atoms with Crippen LogP contribution in [-0.2, 0) is 15.4 Å². The maximum Gasteiger partial charge on any atom is 0.215 e. The van der Waals surface area contributed by atoms with Crippen molar-refractivity contribution < 1.29 is 8.42 Å². The van der Waals surface area contributed by atoms with Gasteiger partial charge in [0, 0.05) is 29.9 Å². The van der Waals surface area contributed by atoms with Gasteiger partial charge in [-0.25, -0.2) is 20.0 Å². The summed E-state index contributed by atoms with van der Waals surface area (Å²) < 4.78 is 30.2. The van der Waals surface area contributed by atoms with E-state index in [0.717, 1.165) is 49.7 Å². The molecule has 0 aliphatic rings. The normalized spacial score (nSPS) is 11.9. The van der Waals surface area contributed by atoms with Gasteiger partial charge in [-0.15, -0.1) is 11.3 Å². The van der Waals surface area contributed by atoms with E-state index in [-0.39, 0.29) is 12.3 Å². The first-order valence-electron chi connectivity index (χ1n) is 15.3. The molecule has 0 radical (unpaired) electrons. The summed E-state index contributed by atoms with van der Waals surface area (Å²) >= 11 is 1.23. The van der Waals surface area contributed by atoms with E-state index in [4.69, 9.17) is 11.7 Å². The number of rotatable bonds is 10. The molecule has 3 aromatic carbocycles. The maximum atomic E-state index is 12.9. The predicted octanol–water partition coefficient (Wildman–Crippen LogP) is 8.16. The maximum absolute atomic E-state index is 12.9. The second-order valence-electron chi connectivity index (χ2n) is 11.3. The summed E-state index contributed by atoms with van der Waals surface area (Å²) in [6, 6.07) is 38.9. The number of aromatic nitrogens is 4. The Labute approximate surface area is 278 Å². The molecule has 0 aliphatic heterocycles. The third kappa shape index (κ3) is 5.46. The van der Waals surface area contributed by atoms with Crippen molar-refractivity contribution >= 4 is 26.8 Å². The van der Waals surface area contributed by atoms with Crippen LogP contribution in [-0.4, -0.2) is 39.9 Å². The van der Waals surface area contributed by atoms with Gasteiger partial charge in [0.1, 0.15) is 15.4 Å². The molecule has 0 atom stereocenters. The number of pyridine rings is 1. The summed E-state index contributed by atoms with van der Waals surface area (Å²) in [6.45, 7) is 9.18. The molecule has 47 heavy (non-hydrogen) atoms. The monoisotopic (exact) mass is 653 g/mol. The first-order chi connectivity index (χ1) is 22.9. The quantitative estimate of drug-likeness (QED) is 0.0849. The highest BCUT2D eigenvalue weighted by Crippen LogP contribution is 2.42. The van der Waals surface area contributed by atoms with Crippen LogP contribution in [0.1, 0.15) is 28.8 Å². The van der Waals surface area contributed by atoms with Gasteiger partial charge in [-0.05, 0) is 47.9 Å². The Morgan fingerprint density at radius 3 is 2.02 bits per heavy atom. The molecule has 0 N–H and O–H groups in total. The molecule has 0 unspecified atom stereocenters. The molecule has 7 nitrogen and oxygen atoms in total. The number of nitrogens with zero attached hydrogens (tertiary/aromatic N) is 5. The molecule has 0 spiro atoms. The summed E-state index contributed by atoms with van der Waals surface area (Å²) in [6.07, 6.45) is 6.27. The van der Waals surface area contributed by atoms with Crippen LogP contribution in [0.3, 0.4) is 0 Å². The van der Waals surface area contributed by atoms with Crippen molar-refractivity contribution in [3.05, 3.63) is 168 Å². The molecule has 4 aromatic heterocycles. The van der Waals surface area contributed by atoms with E-state index in [2.05, 4.69) is 99.6 Å². The van der Waals surface area contributed by atoms with E-state index in [1.165, 1.54) is 11.3 Å². The smallest absolute Gasteiger partial charge is 0.215 e. The molecule has 0 bridgehead atoms. The molecule has 232 valence electrons. The second kappa shape index (κ2) is 12.5. The zero-order valence-electron chi connectivity index (χ0n) is 25.7. The minimum atomic E-state index is -3.46. The van der Waals surface area contributed by atoms with Crippen LogP contribution in [0.2, 0.25) is 0 Å². The molecule has 7 aromatic rings. The predicted molar refractivity (Wildman–Crippen MR) is 187 cm³/mol. The Bertz CT molecular complexity index is 2220. The zero-order valence-corrected chi connectivity index (χ0v) is 27.3. The molecule has 0 saturated carbocycles. The standard InChI is InChI=1S/C38H31N5O2S2/c1-28-33(29-19-21-36-40-25-34(42(36)26-29)35-20-22-37(46-35)47(44,45)24-12-23-39-2)27-43(41-28)38(30-13-6-3-7-14-30,31-15-8-4-9-16-31)32-17-10-5-11-18-32/h3-11,13-22,25-27H,12,23-24H2,1H3. The summed E-state index contributed by atoms with van der Waals surface area (Å²) in [4.78, 5) is 8.71. The lowest BCUT2D eigenvalue weighted by Gasteiger charge is -2.36.